The maximum atomic E-state index is 12.7. The number of para-hydroxylation sites is 1. The molecule has 11 heteroatoms. The van der Waals surface area contributed by atoms with Gasteiger partial charge in [0.15, 0.2) is 6.23 Å². The summed E-state index contributed by atoms with van der Waals surface area (Å²) in [5.74, 6) is -0.169. The molecule has 0 bridgehead atoms. The smallest absolute Gasteiger partial charge is 0.351 e. The molecule has 1 amide bonds. The lowest BCUT2D eigenvalue weighted by Crippen LogP contribution is -2.38. The van der Waals surface area contributed by atoms with Gasteiger partial charge in [-0.15, -0.1) is 0 Å². The number of rotatable bonds is 5. The number of ether oxygens (including phenoxy) is 2. The molecule has 4 heterocycles. The van der Waals surface area contributed by atoms with Crippen LogP contribution in [0.3, 0.4) is 0 Å². The van der Waals surface area contributed by atoms with E-state index in [-0.39, 0.29) is 24.7 Å². The van der Waals surface area contributed by atoms with Crippen LogP contribution in [-0.2, 0) is 29.7 Å². The second-order valence-electron chi connectivity index (χ2n) is 7.88. The molecule has 0 spiro atoms. The van der Waals surface area contributed by atoms with Crippen LogP contribution in [0, 0.1) is 0 Å². The van der Waals surface area contributed by atoms with Crippen LogP contribution in [0.2, 0.25) is 0 Å². The van der Waals surface area contributed by atoms with Gasteiger partial charge in [-0.25, -0.2) is 4.79 Å². The van der Waals surface area contributed by atoms with Crippen LogP contribution >= 0.6 is 8.53 Å². The molecule has 5 rings (SSSR count). The summed E-state index contributed by atoms with van der Waals surface area (Å²) in [6.07, 6.45) is -0.332. The first kappa shape index (κ1) is 20.3. The highest BCUT2D eigenvalue weighted by molar-refractivity contribution is 7.49. The van der Waals surface area contributed by atoms with Gasteiger partial charge in [-0.2, -0.15) is 4.98 Å². The molecule has 6 atom stereocenters. The second-order valence-corrected chi connectivity index (χ2v) is 9.26. The standard InChI is InChI=1S/C21H25N4O6P/c1-12-18(31-32-25-15(11-29-32)10-14-6-4-5-7-16(14)25)19(28-3)20(30-12)24-9-8-17(22-13(2)26)23-21(24)27/h4-9,12,15,18-20H,10-11H2,1-3H3,(H,22,23,26,27)/t12?,15-,18?,19?,20?,32-/m1/s1/i1D. The number of hydrogen-bond donors (Lipinski definition) is 1. The fourth-order valence-corrected chi connectivity index (χ4v) is 6.19. The van der Waals surface area contributed by atoms with Gasteiger partial charge < -0.3 is 28.5 Å². The molecule has 2 aromatic rings. The number of anilines is 2. The SMILES string of the molecule is [2H]CC1OC(n2ccc(NC(C)=O)nc2=O)C(OC)C1O[P@@]1OC[C@H]2Cc3ccccc3N21. The Balaban J connectivity index is 1.39. The molecule has 2 saturated heterocycles. The predicted molar refractivity (Wildman–Crippen MR) is 117 cm³/mol. The van der Waals surface area contributed by atoms with Crippen LogP contribution in [0.15, 0.2) is 41.3 Å². The van der Waals surface area contributed by atoms with Crippen molar-refractivity contribution in [3.63, 3.8) is 0 Å². The van der Waals surface area contributed by atoms with Crippen LogP contribution in [0.25, 0.3) is 0 Å². The first-order valence-electron chi connectivity index (χ1n) is 11.0. The molecule has 3 aliphatic rings. The predicted octanol–water partition coefficient (Wildman–Crippen LogP) is 2.21. The average Bonchev–Trinajstić information content (AvgIpc) is 3.45. The largest absolute Gasteiger partial charge is 0.374 e. The first-order chi connectivity index (χ1) is 16.0. The van der Waals surface area contributed by atoms with E-state index in [2.05, 4.69) is 27.1 Å². The number of amides is 1. The Kier molecular flexibility index (Phi) is 5.40. The zero-order chi connectivity index (χ0) is 23.1. The van der Waals surface area contributed by atoms with Gasteiger partial charge in [-0.1, -0.05) is 18.2 Å². The number of carbonyl (C=O) groups is 1. The van der Waals surface area contributed by atoms with E-state index in [1.807, 2.05) is 12.1 Å². The molecule has 2 fully saturated rings. The van der Waals surface area contributed by atoms with Gasteiger partial charge in [0.05, 0.1) is 18.8 Å². The third-order valence-corrected chi connectivity index (χ3v) is 7.46. The summed E-state index contributed by atoms with van der Waals surface area (Å²) in [6, 6.07) is 9.93. The average molecular weight is 461 g/mol. The van der Waals surface area contributed by atoms with Gasteiger partial charge >= 0.3 is 5.69 Å². The van der Waals surface area contributed by atoms with Gasteiger partial charge in [-0.05, 0) is 31.0 Å². The lowest BCUT2D eigenvalue weighted by Gasteiger charge is -2.29. The quantitative estimate of drug-likeness (QED) is 0.676. The van der Waals surface area contributed by atoms with E-state index in [4.69, 9.17) is 19.9 Å². The molecular weight excluding hydrogens is 435 g/mol. The summed E-state index contributed by atoms with van der Waals surface area (Å²) in [7, 11) is 0.0994. The number of benzene rings is 1. The summed E-state index contributed by atoms with van der Waals surface area (Å²) in [4.78, 5) is 27.8. The van der Waals surface area contributed by atoms with Crippen molar-refractivity contribution in [1.29, 1.82) is 0 Å². The molecule has 0 aliphatic carbocycles. The lowest BCUT2D eigenvalue weighted by molar-refractivity contribution is -0.114. The highest BCUT2D eigenvalue weighted by Gasteiger charge is 2.50. The molecule has 1 aromatic carbocycles. The third-order valence-electron chi connectivity index (χ3n) is 5.77. The minimum Gasteiger partial charge on any atom is -0.374 e. The fraction of sp³-hybridized carbons (Fsp3) is 0.476. The van der Waals surface area contributed by atoms with Crippen LogP contribution < -0.4 is 15.7 Å². The van der Waals surface area contributed by atoms with Crippen molar-refractivity contribution < 1.29 is 24.7 Å². The van der Waals surface area contributed by atoms with Crippen molar-refractivity contribution in [3.05, 3.63) is 52.6 Å². The zero-order valence-corrected chi connectivity index (χ0v) is 18.6. The Morgan fingerprint density at radius 2 is 2.19 bits per heavy atom. The van der Waals surface area contributed by atoms with E-state index >= 15 is 0 Å². The van der Waals surface area contributed by atoms with Crippen molar-refractivity contribution >= 4 is 25.9 Å². The maximum absolute atomic E-state index is 12.7. The van der Waals surface area contributed by atoms with Gasteiger partial charge in [0.25, 0.3) is 8.53 Å². The Bertz CT molecular complexity index is 1100. The fourth-order valence-electron chi connectivity index (χ4n) is 4.36. The monoisotopic (exact) mass is 461 g/mol. The van der Waals surface area contributed by atoms with E-state index in [0.717, 1.165) is 12.1 Å². The van der Waals surface area contributed by atoms with Crippen molar-refractivity contribution in [2.45, 2.75) is 50.8 Å². The van der Waals surface area contributed by atoms with Crippen molar-refractivity contribution in [2.24, 2.45) is 0 Å². The van der Waals surface area contributed by atoms with Gasteiger partial charge in [0.2, 0.25) is 5.91 Å². The first-order valence-corrected chi connectivity index (χ1v) is 11.4. The number of methoxy groups -OCH3 is 1. The molecule has 0 radical (unpaired) electrons. The molecular formula is C21H25N4O6P. The highest BCUT2D eigenvalue weighted by Crippen LogP contribution is 2.58. The van der Waals surface area contributed by atoms with Crippen LogP contribution in [0.4, 0.5) is 11.5 Å². The third kappa shape index (κ3) is 3.72. The van der Waals surface area contributed by atoms with E-state index in [9.17, 15) is 9.59 Å². The highest BCUT2D eigenvalue weighted by atomic mass is 31.2. The van der Waals surface area contributed by atoms with Crippen molar-refractivity contribution in [3.8, 4) is 0 Å². The van der Waals surface area contributed by atoms with E-state index in [1.165, 1.54) is 36.4 Å². The number of hydrogen-bond acceptors (Lipinski definition) is 8. The molecule has 1 N–H and O–H groups in total. The van der Waals surface area contributed by atoms with E-state index in [0.29, 0.717) is 6.61 Å². The normalized spacial score (nSPS) is 31.3. The minimum atomic E-state index is -1.42. The summed E-state index contributed by atoms with van der Waals surface area (Å²) >= 11 is 0. The molecule has 170 valence electrons. The molecule has 0 saturated carbocycles. The number of nitrogens with zero attached hydrogens (tertiary/aromatic N) is 3. The summed E-state index contributed by atoms with van der Waals surface area (Å²) in [5.41, 5.74) is 1.76. The summed E-state index contributed by atoms with van der Waals surface area (Å²) in [6.45, 7) is 1.83. The van der Waals surface area contributed by atoms with Crippen molar-refractivity contribution in [2.75, 3.05) is 23.7 Å². The number of fused-ring (bicyclic) bond motifs is 3. The Labute approximate surface area is 187 Å². The molecule has 10 nitrogen and oxygen atoms in total. The number of nitrogens with one attached hydrogen (secondary N) is 1. The molecule has 32 heavy (non-hydrogen) atoms. The van der Waals surface area contributed by atoms with Crippen LogP contribution in [-0.4, -0.2) is 53.5 Å². The van der Waals surface area contributed by atoms with Gasteiger partial charge in [-0.3, -0.25) is 9.36 Å². The van der Waals surface area contributed by atoms with Gasteiger partial charge in [0.1, 0.15) is 18.0 Å². The van der Waals surface area contributed by atoms with Crippen LogP contribution in [0.5, 0.6) is 0 Å². The topological polar surface area (TPSA) is 104 Å². The second kappa shape index (κ2) is 8.53. The van der Waals surface area contributed by atoms with E-state index in [1.54, 1.807) is 0 Å². The Hall–Kier alpha value is -2.36. The molecule has 3 aliphatic heterocycles. The minimum absolute atomic E-state index is 0.0730. The summed E-state index contributed by atoms with van der Waals surface area (Å²) < 4.78 is 35.7. The zero-order valence-electron chi connectivity index (χ0n) is 18.7. The van der Waals surface area contributed by atoms with E-state index < -0.39 is 38.8 Å². The lowest BCUT2D eigenvalue weighted by atomic mass is 10.1. The number of aromatic nitrogens is 2. The molecule has 1 aromatic heterocycles. The summed E-state index contributed by atoms with van der Waals surface area (Å²) in [5, 5.41) is 2.49. The van der Waals surface area contributed by atoms with Crippen molar-refractivity contribution in [1.82, 2.24) is 9.55 Å². The van der Waals surface area contributed by atoms with Crippen LogP contribution in [0.1, 0.15) is 27.0 Å². The van der Waals surface area contributed by atoms with Gasteiger partial charge in [0, 0.05) is 27.3 Å². The Morgan fingerprint density at radius 3 is 2.94 bits per heavy atom. The number of carbonyl (C=O) groups excluding carboxylic acids is 1. The maximum Gasteiger partial charge on any atom is 0.351 e. The molecule has 4 unspecified atom stereocenters. The Morgan fingerprint density at radius 1 is 1.34 bits per heavy atom.